The maximum atomic E-state index is 11.9. The highest BCUT2D eigenvalue weighted by atomic mass is 35.5. The van der Waals surface area contributed by atoms with Gasteiger partial charge >= 0.3 is 5.97 Å². The summed E-state index contributed by atoms with van der Waals surface area (Å²) in [6, 6.07) is 11.0. The zero-order valence-electron chi connectivity index (χ0n) is 13.3. The molecule has 0 bridgehead atoms. The largest absolute Gasteiger partial charge is 0.480 e. The van der Waals surface area contributed by atoms with Crippen LogP contribution in [-0.2, 0) is 9.59 Å². The maximum Gasteiger partial charge on any atom is 0.322 e. The number of carbonyl (C=O) groups excluding carboxylic acids is 2. The van der Waals surface area contributed by atoms with Crippen LogP contribution in [0, 0.1) is 0 Å². The van der Waals surface area contributed by atoms with Crippen molar-refractivity contribution in [3.8, 4) is 0 Å². The lowest BCUT2D eigenvalue weighted by molar-refractivity contribution is -0.135. The zero-order chi connectivity index (χ0) is 19.1. The van der Waals surface area contributed by atoms with Crippen LogP contribution >= 0.6 is 23.2 Å². The fourth-order valence-corrected chi connectivity index (χ4v) is 2.42. The molecule has 0 saturated heterocycles. The number of anilines is 1. The number of carboxylic acids is 1. The lowest BCUT2D eigenvalue weighted by atomic mass is 10.2. The Balaban J connectivity index is 1.95. The van der Waals surface area contributed by atoms with Gasteiger partial charge in [0, 0.05) is 27.4 Å². The van der Waals surface area contributed by atoms with Crippen LogP contribution in [0.2, 0.25) is 10.0 Å². The number of hydrogen-bond acceptors (Lipinski definition) is 3. The van der Waals surface area contributed by atoms with Crippen molar-refractivity contribution in [2.45, 2.75) is 0 Å². The van der Waals surface area contributed by atoms with E-state index < -0.39 is 18.4 Å². The molecule has 0 atom stereocenters. The van der Waals surface area contributed by atoms with Crippen LogP contribution in [0.25, 0.3) is 6.08 Å². The summed E-state index contributed by atoms with van der Waals surface area (Å²) < 4.78 is 0. The highest BCUT2D eigenvalue weighted by molar-refractivity contribution is 6.35. The van der Waals surface area contributed by atoms with Gasteiger partial charge in [-0.15, -0.1) is 0 Å². The van der Waals surface area contributed by atoms with Crippen LogP contribution < -0.4 is 10.6 Å². The predicted octanol–water partition coefficient (Wildman–Crippen LogP) is 3.46. The van der Waals surface area contributed by atoms with Crippen LogP contribution in [0.3, 0.4) is 0 Å². The number of amides is 2. The molecule has 0 aliphatic rings. The first-order chi connectivity index (χ1) is 12.3. The van der Waals surface area contributed by atoms with Crippen molar-refractivity contribution < 1.29 is 19.5 Å². The molecule has 2 aromatic carbocycles. The van der Waals surface area contributed by atoms with Crippen molar-refractivity contribution in [1.29, 1.82) is 0 Å². The Morgan fingerprint density at radius 2 is 1.73 bits per heavy atom. The van der Waals surface area contributed by atoms with Gasteiger partial charge in [0.15, 0.2) is 0 Å². The average molecular weight is 393 g/mol. The summed E-state index contributed by atoms with van der Waals surface area (Å²) in [4.78, 5) is 34.1. The van der Waals surface area contributed by atoms with Gasteiger partial charge < -0.3 is 15.7 Å². The molecule has 8 heteroatoms. The van der Waals surface area contributed by atoms with Crippen LogP contribution in [0.5, 0.6) is 0 Å². The molecule has 0 radical (unpaired) electrons. The van der Waals surface area contributed by atoms with Gasteiger partial charge in [0.2, 0.25) is 5.91 Å². The number of carboxylic acid groups (broad SMARTS) is 1. The van der Waals surface area contributed by atoms with E-state index in [1.54, 1.807) is 24.3 Å². The standard InChI is InChI=1S/C18H14Cl2N2O4/c19-13-5-1-11(15(20)9-13)4-8-16(23)22-14-6-2-12(3-7-14)18(26)21-10-17(24)25/h1-9H,10H2,(H,21,26)(H,22,23)(H,24,25)/b8-4+. The molecule has 0 unspecified atom stereocenters. The molecule has 0 saturated carbocycles. The molecule has 2 rings (SSSR count). The molecule has 26 heavy (non-hydrogen) atoms. The van der Waals surface area contributed by atoms with Crippen molar-refractivity contribution >= 4 is 52.7 Å². The number of aliphatic carboxylic acids is 1. The van der Waals surface area contributed by atoms with Crippen LogP contribution in [0.15, 0.2) is 48.5 Å². The minimum Gasteiger partial charge on any atom is -0.480 e. The van der Waals surface area contributed by atoms with Gasteiger partial charge in [0.1, 0.15) is 6.54 Å². The Labute approximate surface area is 159 Å². The monoisotopic (exact) mass is 392 g/mol. The second-order valence-corrected chi connectivity index (χ2v) is 5.99. The lowest BCUT2D eigenvalue weighted by Gasteiger charge is -2.05. The van der Waals surface area contributed by atoms with E-state index in [0.717, 1.165) is 0 Å². The first-order valence-corrected chi connectivity index (χ1v) is 8.15. The average Bonchev–Trinajstić information content (AvgIpc) is 2.59. The Kier molecular flexibility index (Phi) is 6.77. The second-order valence-electron chi connectivity index (χ2n) is 5.14. The molecule has 6 nitrogen and oxygen atoms in total. The predicted molar refractivity (Wildman–Crippen MR) is 101 cm³/mol. The number of rotatable bonds is 6. The van der Waals surface area contributed by atoms with Crippen molar-refractivity contribution in [2.24, 2.45) is 0 Å². The highest BCUT2D eigenvalue weighted by Crippen LogP contribution is 2.22. The van der Waals surface area contributed by atoms with E-state index in [9.17, 15) is 14.4 Å². The Bertz CT molecular complexity index is 864. The van der Waals surface area contributed by atoms with Gasteiger partial charge in [0.25, 0.3) is 5.91 Å². The number of hydrogen-bond donors (Lipinski definition) is 3. The van der Waals surface area contributed by atoms with Crippen LogP contribution in [-0.4, -0.2) is 29.4 Å². The van der Waals surface area contributed by atoms with Crippen molar-refractivity contribution in [3.05, 3.63) is 69.7 Å². The van der Waals surface area contributed by atoms with Crippen LogP contribution in [0.4, 0.5) is 5.69 Å². The fourth-order valence-electron chi connectivity index (χ4n) is 1.95. The summed E-state index contributed by atoms with van der Waals surface area (Å²) in [6.45, 7) is -0.463. The van der Waals surface area contributed by atoms with Crippen molar-refractivity contribution in [1.82, 2.24) is 5.32 Å². The maximum absolute atomic E-state index is 11.9. The Morgan fingerprint density at radius 3 is 2.35 bits per heavy atom. The number of benzene rings is 2. The minimum absolute atomic E-state index is 0.285. The van der Waals surface area contributed by atoms with Gasteiger partial charge in [-0.2, -0.15) is 0 Å². The summed E-state index contributed by atoms with van der Waals surface area (Å²) in [5.74, 6) is -2.02. The molecule has 0 fully saturated rings. The third-order valence-corrected chi connectivity index (χ3v) is 3.75. The molecular weight excluding hydrogens is 379 g/mol. The smallest absolute Gasteiger partial charge is 0.322 e. The SMILES string of the molecule is O=C(O)CNC(=O)c1ccc(NC(=O)/C=C/c2ccc(Cl)cc2Cl)cc1. The Hall–Kier alpha value is -2.83. The lowest BCUT2D eigenvalue weighted by Crippen LogP contribution is -2.29. The summed E-state index contributed by atoms with van der Waals surface area (Å²) >= 11 is 11.8. The van der Waals surface area contributed by atoms with Crippen LogP contribution in [0.1, 0.15) is 15.9 Å². The van der Waals surface area contributed by atoms with E-state index in [4.69, 9.17) is 28.3 Å². The van der Waals surface area contributed by atoms with Gasteiger partial charge in [0.05, 0.1) is 0 Å². The molecule has 0 aliphatic carbocycles. The molecule has 134 valence electrons. The molecule has 2 amide bonds. The van der Waals surface area contributed by atoms with Crippen molar-refractivity contribution in [3.63, 3.8) is 0 Å². The van der Waals surface area contributed by atoms with E-state index in [1.165, 1.54) is 30.3 Å². The van der Waals surface area contributed by atoms with Gasteiger partial charge in [-0.05, 0) is 48.0 Å². The highest BCUT2D eigenvalue weighted by Gasteiger charge is 2.07. The third kappa shape index (κ3) is 5.91. The molecule has 0 aliphatic heterocycles. The Morgan fingerprint density at radius 1 is 1.04 bits per heavy atom. The van der Waals surface area contributed by atoms with Gasteiger partial charge in [-0.3, -0.25) is 14.4 Å². The zero-order valence-corrected chi connectivity index (χ0v) is 14.8. The fraction of sp³-hybridized carbons (Fsp3) is 0.0556. The number of halogens is 2. The molecule has 3 N–H and O–H groups in total. The number of carbonyl (C=O) groups is 3. The van der Waals surface area contributed by atoms with E-state index in [0.29, 0.717) is 21.3 Å². The minimum atomic E-state index is -1.13. The molecule has 2 aromatic rings. The summed E-state index contributed by atoms with van der Waals surface area (Å²) in [5, 5.41) is 14.4. The third-order valence-electron chi connectivity index (χ3n) is 3.19. The quantitative estimate of drug-likeness (QED) is 0.655. The van der Waals surface area contributed by atoms with E-state index >= 15 is 0 Å². The van der Waals surface area contributed by atoms with E-state index in [-0.39, 0.29) is 11.5 Å². The molecule has 0 spiro atoms. The van der Waals surface area contributed by atoms with E-state index in [1.807, 2.05) is 0 Å². The van der Waals surface area contributed by atoms with Crippen molar-refractivity contribution in [2.75, 3.05) is 11.9 Å². The van der Waals surface area contributed by atoms with Gasteiger partial charge in [-0.25, -0.2) is 0 Å². The van der Waals surface area contributed by atoms with E-state index in [2.05, 4.69) is 10.6 Å². The molecule has 0 heterocycles. The summed E-state index contributed by atoms with van der Waals surface area (Å²) in [7, 11) is 0. The summed E-state index contributed by atoms with van der Waals surface area (Å²) in [6.07, 6.45) is 2.88. The second kappa shape index (κ2) is 9.03. The first-order valence-electron chi connectivity index (χ1n) is 7.39. The number of nitrogens with one attached hydrogen (secondary N) is 2. The first kappa shape index (κ1) is 19.5. The summed E-state index contributed by atoms with van der Waals surface area (Å²) in [5.41, 5.74) is 1.42. The molecule has 0 aromatic heterocycles. The van der Waals surface area contributed by atoms with Gasteiger partial charge in [-0.1, -0.05) is 29.3 Å². The topological polar surface area (TPSA) is 95.5 Å². The normalized spacial score (nSPS) is 10.5. The molecular formula is C18H14Cl2N2O4.